The van der Waals surface area contributed by atoms with E-state index in [0.717, 1.165) is 31.2 Å². The molecule has 3 N–H and O–H groups in total. The van der Waals surface area contributed by atoms with Gasteiger partial charge in [-0.2, -0.15) is 4.98 Å². The molecule has 0 bridgehead atoms. The lowest BCUT2D eigenvalue weighted by Gasteiger charge is -2.26. The molecular weight excluding hydrogens is 483 g/mol. The Labute approximate surface area is 211 Å². The van der Waals surface area contributed by atoms with Gasteiger partial charge in [0.2, 0.25) is 16.0 Å². The number of hydrogen-bond acceptors (Lipinski definition) is 8. The number of nitrogens with one attached hydrogen (secondary N) is 3. The predicted octanol–water partition coefficient (Wildman–Crippen LogP) is 4.73. The van der Waals surface area contributed by atoms with E-state index < -0.39 is 15.8 Å². The minimum atomic E-state index is -3.51. The van der Waals surface area contributed by atoms with Gasteiger partial charge >= 0.3 is 0 Å². The molecule has 192 valence electrons. The molecule has 0 unspecified atom stereocenters. The summed E-state index contributed by atoms with van der Waals surface area (Å²) in [6, 6.07) is 14.0. The number of aromatic nitrogens is 2. The van der Waals surface area contributed by atoms with E-state index in [2.05, 4.69) is 30.2 Å². The van der Waals surface area contributed by atoms with Gasteiger partial charge in [-0.15, -0.1) is 0 Å². The van der Waals surface area contributed by atoms with Crippen molar-refractivity contribution in [3.8, 4) is 5.75 Å². The smallest absolute Gasteiger partial charge is 0.229 e. The lowest BCUT2D eigenvalue weighted by molar-refractivity contribution is 0.205. The number of benzene rings is 2. The summed E-state index contributed by atoms with van der Waals surface area (Å²) in [4.78, 5) is 10.7. The van der Waals surface area contributed by atoms with Gasteiger partial charge in [0.05, 0.1) is 30.4 Å². The van der Waals surface area contributed by atoms with Crippen molar-refractivity contribution in [2.45, 2.75) is 25.7 Å². The van der Waals surface area contributed by atoms with Gasteiger partial charge in [-0.1, -0.05) is 18.6 Å². The van der Waals surface area contributed by atoms with Gasteiger partial charge in [-0.3, -0.25) is 4.72 Å². The number of anilines is 5. The maximum Gasteiger partial charge on any atom is 0.229 e. The second-order valence-electron chi connectivity index (χ2n) is 8.69. The molecule has 0 atom stereocenters. The molecule has 0 radical (unpaired) electrons. The van der Waals surface area contributed by atoms with E-state index in [9.17, 15) is 12.8 Å². The van der Waals surface area contributed by atoms with Gasteiger partial charge in [0, 0.05) is 12.2 Å². The molecule has 2 heterocycles. The number of nitrogens with zero attached hydrogens (tertiary/aromatic N) is 3. The molecule has 0 spiro atoms. The van der Waals surface area contributed by atoms with Crippen LogP contribution in [0.1, 0.15) is 25.7 Å². The van der Waals surface area contributed by atoms with E-state index in [1.807, 2.05) is 24.3 Å². The van der Waals surface area contributed by atoms with E-state index in [0.29, 0.717) is 18.0 Å². The van der Waals surface area contributed by atoms with Crippen LogP contribution >= 0.6 is 0 Å². The molecule has 4 rings (SSSR count). The quantitative estimate of drug-likeness (QED) is 0.315. The summed E-state index contributed by atoms with van der Waals surface area (Å²) < 4.78 is 45.9. The van der Waals surface area contributed by atoms with Crippen LogP contribution in [0.3, 0.4) is 0 Å². The highest BCUT2D eigenvalue weighted by atomic mass is 32.2. The Morgan fingerprint density at radius 2 is 1.72 bits per heavy atom. The highest BCUT2D eigenvalue weighted by Gasteiger charge is 2.12. The Morgan fingerprint density at radius 1 is 1.00 bits per heavy atom. The number of para-hydroxylation sites is 2. The minimum absolute atomic E-state index is 0.0936. The summed E-state index contributed by atoms with van der Waals surface area (Å²) in [5.41, 5.74) is 1.35. The first-order valence-electron chi connectivity index (χ1n) is 11.9. The fraction of sp³-hybridized carbons (Fsp3) is 0.360. The van der Waals surface area contributed by atoms with Gasteiger partial charge in [0.15, 0.2) is 11.6 Å². The van der Waals surface area contributed by atoms with E-state index in [4.69, 9.17) is 4.74 Å². The van der Waals surface area contributed by atoms with Crippen molar-refractivity contribution in [1.29, 1.82) is 0 Å². The Morgan fingerprint density at radius 3 is 2.44 bits per heavy atom. The summed E-state index contributed by atoms with van der Waals surface area (Å²) in [6.45, 7) is 4.10. The molecule has 11 heteroatoms. The zero-order valence-corrected chi connectivity index (χ0v) is 21.0. The van der Waals surface area contributed by atoms with Crippen LogP contribution in [-0.4, -0.2) is 55.8 Å². The Balaban J connectivity index is 1.34. The van der Waals surface area contributed by atoms with Gasteiger partial charge in [-0.05, 0) is 68.8 Å². The second kappa shape index (κ2) is 12.0. The number of piperidine rings is 1. The summed E-state index contributed by atoms with van der Waals surface area (Å²) in [7, 11) is -3.51. The summed E-state index contributed by atoms with van der Waals surface area (Å²) in [5, 5.41) is 5.88. The Hall–Kier alpha value is -3.44. The summed E-state index contributed by atoms with van der Waals surface area (Å²) in [5.74, 6) is 0.186. The van der Waals surface area contributed by atoms with Crippen molar-refractivity contribution in [1.82, 2.24) is 14.9 Å². The normalized spacial score (nSPS) is 14.3. The van der Waals surface area contributed by atoms with Crippen LogP contribution in [0, 0.1) is 5.82 Å². The van der Waals surface area contributed by atoms with Crippen LogP contribution in [0.4, 0.5) is 33.2 Å². The Bertz CT molecular complexity index is 1250. The van der Waals surface area contributed by atoms with Crippen molar-refractivity contribution in [2.24, 2.45) is 0 Å². The van der Waals surface area contributed by atoms with Crippen LogP contribution in [0.5, 0.6) is 5.75 Å². The maximum atomic E-state index is 14.4. The SMILES string of the molecule is CS(=O)(=O)Nc1ccccc1Nc1nc(Nc2ccc(OCCCN3CCCCC3)cc2)ncc1F. The number of halogens is 1. The van der Waals surface area contributed by atoms with E-state index >= 15 is 0 Å². The third kappa shape index (κ3) is 7.79. The van der Waals surface area contributed by atoms with Gasteiger partial charge in [0.25, 0.3) is 0 Å². The second-order valence-corrected chi connectivity index (χ2v) is 10.4. The largest absolute Gasteiger partial charge is 0.494 e. The molecule has 1 saturated heterocycles. The summed E-state index contributed by atoms with van der Waals surface area (Å²) in [6.07, 6.45) is 7.00. The van der Waals surface area contributed by atoms with Crippen LogP contribution in [-0.2, 0) is 10.0 Å². The average Bonchev–Trinajstić information content (AvgIpc) is 2.86. The highest BCUT2D eigenvalue weighted by Crippen LogP contribution is 2.27. The van der Waals surface area contributed by atoms with Gasteiger partial charge < -0.3 is 20.3 Å². The first-order chi connectivity index (χ1) is 17.4. The monoisotopic (exact) mass is 514 g/mol. The molecular formula is C25H31FN6O3S. The molecule has 1 aliphatic heterocycles. The lowest BCUT2D eigenvalue weighted by atomic mass is 10.1. The van der Waals surface area contributed by atoms with Gasteiger partial charge in [-0.25, -0.2) is 17.8 Å². The molecule has 2 aromatic carbocycles. The first kappa shape index (κ1) is 25.6. The number of ether oxygens (including phenoxy) is 1. The topological polar surface area (TPSA) is 108 Å². The summed E-state index contributed by atoms with van der Waals surface area (Å²) >= 11 is 0. The lowest BCUT2D eigenvalue weighted by Crippen LogP contribution is -2.31. The third-order valence-corrected chi connectivity index (χ3v) is 6.26. The molecule has 0 saturated carbocycles. The van der Waals surface area contributed by atoms with Crippen molar-refractivity contribution >= 4 is 38.9 Å². The predicted molar refractivity (Wildman–Crippen MR) is 140 cm³/mol. The fourth-order valence-corrected chi connectivity index (χ4v) is 4.53. The van der Waals surface area contributed by atoms with E-state index in [1.54, 1.807) is 24.3 Å². The van der Waals surface area contributed by atoms with Crippen LogP contribution in [0.2, 0.25) is 0 Å². The van der Waals surface area contributed by atoms with Gasteiger partial charge in [0.1, 0.15) is 5.75 Å². The van der Waals surface area contributed by atoms with Crippen molar-refractivity contribution in [3.05, 3.63) is 60.5 Å². The number of likely N-dealkylation sites (tertiary alicyclic amines) is 1. The number of rotatable bonds is 11. The molecule has 1 aliphatic rings. The molecule has 0 aliphatic carbocycles. The Kier molecular flexibility index (Phi) is 8.55. The molecule has 0 amide bonds. The standard InChI is InChI=1S/C25H31FN6O3S/c1-36(33,34)31-23-9-4-3-8-22(23)29-24-21(26)18-27-25(30-24)28-19-10-12-20(13-11-19)35-17-7-16-32-14-5-2-6-15-32/h3-4,8-13,18,31H,2,5-7,14-17H2,1H3,(H2,27,28,29,30). The number of hydrogen-bond donors (Lipinski definition) is 3. The van der Waals surface area contributed by atoms with Crippen molar-refractivity contribution in [2.75, 3.05) is 47.9 Å². The van der Waals surface area contributed by atoms with Crippen LogP contribution in [0.15, 0.2) is 54.7 Å². The number of sulfonamides is 1. The van der Waals surface area contributed by atoms with Crippen molar-refractivity contribution in [3.63, 3.8) is 0 Å². The first-order valence-corrected chi connectivity index (χ1v) is 13.8. The third-order valence-electron chi connectivity index (χ3n) is 5.67. The molecule has 9 nitrogen and oxygen atoms in total. The molecule has 36 heavy (non-hydrogen) atoms. The van der Waals surface area contributed by atoms with E-state index in [1.165, 1.54) is 32.4 Å². The van der Waals surface area contributed by atoms with E-state index in [-0.39, 0.29) is 17.5 Å². The highest BCUT2D eigenvalue weighted by molar-refractivity contribution is 7.92. The zero-order valence-electron chi connectivity index (χ0n) is 20.2. The maximum absolute atomic E-state index is 14.4. The average molecular weight is 515 g/mol. The minimum Gasteiger partial charge on any atom is -0.494 e. The fourth-order valence-electron chi connectivity index (χ4n) is 3.95. The molecule has 1 fully saturated rings. The molecule has 3 aromatic rings. The molecule has 1 aromatic heterocycles. The van der Waals surface area contributed by atoms with Crippen molar-refractivity contribution < 1.29 is 17.5 Å². The van der Waals surface area contributed by atoms with Crippen LogP contribution < -0.4 is 20.1 Å². The zero-order chi connectivity index (χ0) is 25.4. The van der Waals surface area contributed by atoms with Crippen LogP contribution in [0.25, 0.3) is 0 Å².